The maximum Gasteiger partial charge on any atom is 0.224 e. The molecule has 3 aromatic rings. The minimum Gasteiger partial charge on any atom is -0.374 e. The van der Waals surface area contributed by atoms with Gasteiger partial charge in [0.25, 0.3) is 0 Å². The van der Waals surface area contributed by atoms with Crippen molar-refractivity contribution in [2.75, 3.05) is 26.4 Å². The van der Waals surface area contributed by atoms with Gasteiger partial charge in [-0.05, 0) is 61.1 Å². The minimum atomic E-state index is -1.07. The Bertz CT molecular complexity index is 1650. The van der Waals surface area contributed by atoms with Crippen molar-refractivity contribution in [1.82, 2.24) is 0 Å². The summed E-state index contributed by atoms with van der Waals surface area (Å²) in [5.74, 6) is -3.75. The summed E-state index contributed by atoms with van der Waals surface area (Å²) in [6.07, 6.45) is -2.54. The van der Waals surface area contributed by atoms with Gasteiger partial charge in [0, 0.05) is 0 Å². The summed E-state index contributed by atoms with van der Waals surface area (Å²) < 4.78 is 76.1. The van der Waals surface area contributed by atoms with Crippen LogP contribution in [0.25, 0.3) is 0 Å². The Labute approximate surface area is 316 Å². The van der Waals surface area contributed by atoms with E-state index < -0.39 is 47.6 Å². The number of hydrogen-bond acceptors (Lipinski definition) is 12. The van der Waals surface area contributed by atoms with E-state index in [4.69, 9.17) is 56.8 Å². The Morgan fingerprint density at radius 2 is 0.889 bits per heavy atom. The van der Waals surface area contributed by atoms with Crippen LogP contribution in [-0.2, 0) is 96.5 Å². The molecule has 0 saturated carbocycles. The van der Waals surface area contributed by atoms with Crippen molar-refractivity contribution >= 4 is 0 Å². The largest absolute Gasteiger partial charge is 0.374 e. The molecular weight excluding hydrogens is 696 g/mol. The molecule has 0 amide bonds. The molecule has 12 heteroatoms. The van der Waals surface area contributed by atoms with Crippen LogP contribution in [0.5, 0.6) is 0 Å². The first-order valence-electron chi connectivity index (χ1n) is 19.0. The molecule has 0 aliphatic carbocycles. The third-order valence-electron chi connectivity index (χ3n) is 11.0. The van der Waals surface area contributed by atoms with E-state index in [9.17, 15) is 0 Å². The zero-order valence-corrected chi connectivity index (χ0v) is 31.4. The third kappa shape index (κ3) is 7.29. The fourth-order valence-electron chi connectivity index (χ4n) is 8.38. The van der Waals surface area contributed by atoms with Crippen LogP contribution in [0.3, 0.4) is 0 Å². The van der Waals surface area contributed by atoms with Crippen molar-refractivity contribution in [3.63, 3.8) is 0 Å². The summed E-state index contributed by atoms with van der Waals surface area (Å²) in [7, 11) is 0. The molecule has 6 heterocycles. The molecule has 290 valence electrons. The predicted molar refractivity (Wildman–Crippen MR) is 190 cm³/mol. The van der Waals surface area contributed by atoms with Gasteiger partial charge in [-0.3, -0.25) is 0 Å². The Hall–Kier alpha value is -2.82. The molecule has 54 heavy (non-hydrogen) atoms. The van der Waals surface area contributed by atoms with Gasteiger partial charge in [0.05, 0.1) is 52.9 Å². The molecule has 3 aromatic carbocycles. The summed E-state index contributed by atoms with van der Waals surface area (Å²) in [4.78, 5) is 0. The molecule has 6 aliphatic heterocycles. The van der Waals surface area contributed by atoms with Gasteiger partial charge < -0.3 is 56.8 Å². The van der Waals surface area contributed by atoms with Crippen LogP contribution in [0.1, 0.15) is 61.1 Å². The highest BCUT2D eigenvalue weighted by Gasteiger charge is 2.65. The van der Waals surface area contributed by atoms with E-state index in [-0.39, 0.29) is 25.4 Å². The summed E-state index contributed by atoms with van der Waals surface area (Å²) in [6, 6.07) is 24.5. The second kappa shape index (κ2) is 14.6. The Morgan fingerprint density at radius 1 is 0.519 bits per heavy atom. The first-order chi connectivity index (χ1) is 26.1. The Balaban J connectivity index is 0.800. The van der Waals surface area contributed by atoms with Crippen molar-refractivity contribution in [1.29, 1.82) is 0 Å². The average Bonchev–Trinajstić information content (AvgIpc) is 3.80. The van der Waals surface area contributed by atoms with E-state index in [1.807, 2.05) is 76.2 Å². The van der Waals surface area contributed by atoms with Crippen LogP contribution in [0.2, 0.25) is 0 Å². The number of hydrogen-bond donors (Lipinski definition) is 0. The van der Waals surface area contributed by atoms with E-state index in [1.165, 1.54) is 0 Å². The molecule has 8 atom stereocenters. The summed E-state index contributed by atoms with van der Waals surface area (Å²) in [5.41, 5.74) is 6.44. The molecule has 12 nitrogen and oxygen atoms in total. The topological polar surface area (TPSA) is 111 Å². The summed E-state index contributed by atoms with van der Waals surface area (Å²) in [5, 5.41) is 0. The van der Waals surface area contributed by atoms with E-state index in [1.54, 1.807) is 0 Å². The molecule has 2 spiro atoms. The molecule has 0 N–H and O–H groups in total. The molecule has 0 unspecified atom stereocenters. The molecule has 9 rings (SSSR count). The highest BCUT2D eigenvalue weighted by Crippen LogP contribution is 2.47. The summed E-state index contributed by atoms with van der Waals surface area (Å²) in [6.45, 7) is 11.2. The molecule has 6 aliphatic rings. The van der Waals surface area contributed by atoms with Crippen molar-refractivity contribution in [2.24, 2.45) is 0 Å². The van der Waals surface area contributed by atoms with Crippen LogP contribution in [-0.4, -0.2) is 86.2 Å². The van der Waals surface area contributed by atoms with Gasteiger partial charge in [0.2, 0.25) is 11.6 Å². The second-order valence-corrected chi connectivity index (χ2v) is 15.9. The van der Waals surface area contributed by atoms with Gasteiger partial charge in [0.1, 0.15) is 49.8 Å². The maximum atomic E-state index is 6.57. The van der Waals surface area contributed by atoms with Crippen molar-refractivity contribution < 1.29 is 56.8 Å². The van der Waals surface area contributed by atoms with E-state index in [0.29, 0.717) is 52.9 Å². The zero-order valence-electron chi connectivity index (χ0n) is 31.4. The fourth-order valence-corrected chi connectivity index (χ4v) is 8.38. The van der Waals surface area contributed by atoms with Crippen molar-refractivity contribution in [3.05, 3.63) is 106 Å². The molecule has 4 saturated heterocycles. The van der Waals surface area contributed by atoms with Crippen LogP contribution in [0.15, 0.2) is 72.8 Å². The lowest BCUT2D eigenvalue weighted by Crippen LogP contribution is -2.49. The van der Waals surface area contributed by atoms with Crippen LogP contribution >= 0.6 is 0 Å². The van der Waals surface area contributed by atoms with Crippen LogP contribution < -0.4 is 0 Å². The summed E-state index contributed by atoms with van der Waals surface area (Å²) >= 11 is 0. The minimum absolute atomic E-state index is 0.247. The first kappa shape index (κ1) is 36.8. The molecule has 0 radical (unpaired) electrons. The van der Waals surface area contributed by atoms with Crippen molar-refractivity contribution in [3.8, 4) is 0 Å². The lowest BCUT2D eigenvalue weighted by molar-refractivity contribution is -0.279. The third-order valence-corrected chi connectivity index (χ3v) is 11.0. The average molecular weight is 747 g/mol. The van der Waals surface area contributed by atoms with E-state index in [0.717, 1.165) is 33.4 Å². The van der Waals surface area contributed by atoms with E-state index >= 15 is 0 Å². The lowest BCUT2D eigenvalue weighted by Gasteiger charge is -2.32. The SMILES string of the molecule is CC1(C)OC[C@]2(O[C@H](COCc3ccc(COC[C@H]4O[C@]5(COC(C)(C)O5)[C@H]5OCc6ccccc6CO[C@H]45)cc3)[C@H]3OCc4ccccc4CO[C@@H]32)O1. The lowest BCUT2D eigenvalue weighted by atomic mass is 10.0. The highest BCUT2D eigenvalue weighted by atomic mass is 16.9. The number of ether oxygens (including phenoxy) is 12. The van der Waals surface area contributed by atoms with E-state index in [2.05, 4.69) is 24.3 Å². The molecule has 4 fully saturated rings. The number of fused-ring (bicyclic) bond motifs is 6. The van der Waals surface area contributed by atoms with Crippen molar-refractivity contribution in [2.45, 2.75) is 127 Å². The predicted octanol–water partition coefficient (Wildman–Crippen LogP) is 5.44. The normalized spacial score (nSPS) is 35.1. The van der Waals surface area contributed by atoms with Gasteiger partial charge in [0.15, 0.2) is 11.6 Å². The Morgan fingerprint density at radius 3 is 1.24 bits per heavy atom. The van der Waals surface area contributed by atoms with Gasteiger partial charge in [-0.1, -0.05) is 72.8 Å². The highest BCUT2D eigenvalue weighted by molar-refractivity contribution is 5.28. The smallest absolute Gasteiger partial charge is 0.224 e. The fraction of sp³-hybridized carbons (Fsp3) is 0.571. The number of rotatable bonds is 8. The van der Waals surface area contributed by atoms with Crippen LogP contribution in [0.4, 0.5) is 0 Å². The Kier molecular flexibility index (Phi) is 9.95. The standard InChI is InChI=1S/C42H50O12/c1-39(2)49-25-41(53-39)37-35(45-19-29-9-5-7-11-31(29)21-47-37)33(51-41)23-43-17-27-13-15-28(16-14-27)18-44-24-34-36-38(42(52-34)26-50-40(3,4)54-42)48-22-32-12-8-6-10-30(32)20-46-36/h5-16,33-38H,17-26H2,1-4H3/t33-,34-,35-,36-,37+,38+,41+,42+/m1/s1. The van der Waals surface area contributed by atoms with Gasteiger partial charge in [-0.15, -0.1) is 0 Å². The van der Waals surface area contributed by atoms with Gasteiger partial charge in [-0.2, -0.15) is 0 Å². The quantitative estimate of drug-likeness (QED) is 0.293. The van der Waals surface area contributed by atoms with Gasteiger partial charge in [-0.25, -0.2) is 0 Å². The number of benzene rings is 3. The monoisotopic (exact) mass is 746 g/mol. The molecule has 0 aromatic heterocycles. The maximum absolute atomic E-state index is 6.57. The van der Waals surface area contributed by atoms with Gasteiger partial charge >= 0.3 is 0 Å². The van der Waals surface area contributed by atoms with Crippen LogP contribution in [0, 0.1) is 0 Å². The zero-order chi connectivity index (χ0) is 37.0. The molecule has 0 bridgehead atoms. The molecular formula is C42H50O12. The first-order valence-corrected chi connectivity index (χ1v) is 19.0. The second-order valence-electron chi connectivity index (χ2n) is 15.9.